The number of carbonyl (C=O) groups excluding carboxylic acids is 1. The highest BCUT2D eigenvalue weighted by Crippen LogP contribution is 2.22. The molecule has 1 fully saturated rings. The van der Waals surface area contributed by atoms with E-state index < -0.39 is 15.8 Å². The van der Waals surface area contributed by atoms with Gasteiger partial charge < -0.3 is 10.1 Å². The average Bonchev–Trinajstić information content (AvgIpc) is 2.87. The zero-order valence-electron chi connectivity index (χ0n) is 19.4. The standard InChI is InChI=1S/C26H28FN3O4S/c1-34-25-5-3-2-4-20(25)18-30-16-14-22(15-17-30)28-26(31)19-6-12-24(13-7-19)35(32,33)29-23-10-8-21(27)9-11-23/h2-13,22,29H,14-18H2,1H3,(H,28,31). The third-order valence-corrected chi connectivity index (χ3v) is 7.43. The summed E-state index contributed by atoms with van der Waals surface area (Å²) < 4.78 is 46.0. The van der Waals surface area contributed by atoms with Crippen LogP contribution >= 0.6 is 0 Å². The number of piperidine rings is 1. The molecule has 0 atom stereocenters. The molecule has 0 aliphatic carbocycles. The normalized spacial score (nSPS) is 14.9. The molecule has 1 saturated heterocycles. The Morgan fingerprint density at radius 1 is 1.00 bits per heavy atom. The number of methoxy groups -OCH3 is 1. The molecule has 3 aromatic carbocycles. The largest absolute Gasteiger partial charge is 0.496 e. The van der Waals surface area contributed by atoms with Gasteiger partial charge in [-0.2, -0.15) is 0 Å². The van der Waals surface area contributed by atoms with Gasteiger partial charge in [-0.3, -0.25) is 14.4 Å². The smallest absolute Gasteiger partial charge is 0.261 e. The van der Waals surface area contributed by atoms with Crippen LogP contribution in [0.25, 0.3) is 0 Å². The summed E-state index contributed by atoms with van der Waals surface area (Å²) in [5.41, 5.74) is 1.79. The number of halogens is 1. The topological polar surface area (TPSA) is 87.7 Å². The number of hydrogen-bond donors (Lipinski definition) is 2. The monoisotopic (exact) mass is 497 g/mol. The number of likely N-dealkylation sites (tertiary alicyclic amines) is 1. The lowest BCUT2D eigenvalue weighted by Crippen LogP contribution is -2.44. The second kappa shape index (κ2) is 10.9. The first kappa shape index (κ1) is 24.7. The summed E-state index contributed by atoms with van der Waals surface area (Å²) in [6.07, 6.45) is 1.66. The number of sulfonamides is 1. The lowest BCUT2D eigenvalue weighted by molar-refractivity contribution is 0.0908. The molecule has 0 saturated carbocycles. The summed E-state index contributed by atoms with van der Waals surface area (Å²) >= 11 is 0. The molecule has 0 spiro atoms. The maximum atomic E-state index is 13.0. The number of rotatable bonds is 8. The van der Waals surface area contributed by atoms with Crippen LogP contribution in [0.2, 0.25) is 0 Å². The second-order valence-electron chi connectivity index (χ2n) is 8.47. The predicted octanol–water partition coefficient (Wildman–Crippen LogP) is 4.03. The first-order valence-corrected chi connectivity index (χ1v) is 12.9. The first-order valence-electron chi connectivity index (χ1n) is 11.4. The van der Waals surface area contributed by atoms with Crippen molar-refractivity contribution < 1.29 is 22.3 Å². The molecule has 1 aliphatic heterocycles. The zero-order chi connectivity index (χ0) is 24.8. The minimum atomic E-state index is -3.85. The minimum Gasteiger partial charge on any atom is -0.496 e. The maximum absolute atomic E-state index is 13.0. The molecule has 3 aromatic rings. The van der Waals surface area contributed by atoms with Crippen LogP contribution in [0.3, 0.4) is 0 Å². The van der Waals surface area contributed by atoms with Crippen molar-refractivity contribution in [3.8, 4) is 5.75 Å². The fourth-order valence-corrected chi connectivity index (χ4v) is 5.15. The number of nitrogens with zero attached hydrogens (tertiary/aromatic N) is 1. The van der Waals surface area contributed by atoms with E-state index in [9.17, 15) is 17.6 Å². The van der Waals surface area contributed by atoms with Crippen LogP contribution < -0.4 is 14.8 Å². The Balaban J connectivity index is 1.30. The molecule has 184 valence electrons. The quantitative estimate of drug-likeness (QED) is 0.491. The number of anilines is 1. The highest BCUT2D eigenvalue weighted by Gasteiger charge is 2.22. The predicted molar refractivity (Wildman–Crippen MR) is 132 cm³/mol. The van der Waals surface area contributed by atoms with Gasteiger partial charge in [-0.1, -0.05) is 18.2 Å². The summed E-state index contributed by atoms with van der Waals surface area (Å²) in [4.78, 5) is 15.1. The van der Waals surface area contributed by atoms with Crippen molar-refractivity contribution in [3.05, 3.63) is 89.7 Å². The van der Waals surface area contributed by atoms with Crippen molar-refractivity contribution in [2.24, 2.45) is 0 Å². The molecule has 7 nitrogen and oxygen atoms in total. The molecule has 0 bridgehead atoms. The summed E-state index contributed by atoms with van der Waals surface area (Å²) in [5, 5.41) is 3.05. The van der Waals surface area contributed by atoms with E-state index >= 15 is 0 Å². The number of nitrogens with one attached hydrogen (secondary N) is 2. The van der Waals surface area contributed by atoms with Crippen molar-refractivity contribution in [1.82, 2.24) is 10.2 Å². The number of ether oxygens (including phenoxy) is 1. The molecule has 9 heteroatoms. The Hall–Kier alpha value is -3.43. The number of carbonyl (C=O) groups is 1. The Bertz CT molecular complexity index is 1260. The van der Waals surface area contributed by atoms with Crippen LogP contribution in [-0.4, -0.2) is 45.5 Å². The SMILES string of the molecule is COc1ccccc1CN1CCC(NC(=O)c2ccc(S(=O)(=O)Nc3ccc(F)cc3)cc2)CC1. The van der Waals surface area contributed by atoms with E-state index in [0.29, 0.717) is 5.56 Å². The summed E-state index contributed by atoms with van der Waals surface area (Å²) in [5.74, 6) is 0.190. The zero-order valence-corrected chi connectivity index (χ0v) is 20.2. The number of benzene rings is 3. The van der Waals surface area contributed by atoms with E-state index in [1.165, 1.54) is 48.5 Å². The molecular weight excluding hydrogens is 469 g/mol. The van der Waals surface area contributed by atoms with E-state index in [0.717, 1.165) is 43.8 Å². The van der Waals surface area contributed by atoms with E-state index in [1.807, 2.05) is 18.2 Å². The van der Waals surface area contributed by atoms with Gasteiger partial charge in [0.15, 0.2) is 0 Å². The van der Waals surface area contributed by atoms with E-state index in [1.54, 1.807) is 7.11 Å². The summed E-state index contributed by atoms with van der Waals surface area (Å²) in [6, 6.07) is 18.8. The second-order valence-corrected chi connectivity index (χ2v) is 10.2. The number of amides is 1. The highest BCUT2D eigenvalue weighted by atomic mass is 32.2. The molecule has 4 rings (SSSR count). The van der Waals surface area contributed by atoms with Gasteiger partial charge in [0.25, 0.3) is 15.9 Å². The Labute approximate surface area is 205 Å². The molecule has 1 heterocycles. The van der Waals surface area contributed by atoms with Crippen LogP contribution in [0.5, 0.6) is 5.75 Å². The van der Waals surface area contributed by atoms with E-state index in [2.05, 4.69) is 21.0 Å². The van der Waals surface area contributed by atoms with Gasteiger partial charge in [0.1, 0.15) is 11.6 Å². The lowest BCUT2D eigenvalue weighted by Gasteiger charge is -2.32. The van der Waals surface area contributed by atoms with Crippen molar-refractivity contribution in [2.75, 3.05) is 24.9 Å². The van der Waals surface area contributed by atoms with Crippen molar-refractivity contribution in [3.63, 3.8) is 0 Å². The highest BCUT2D eigenvalue weighted by molar-refractivity contribution is 7.92. The summed E-state index contributed by atoms with van der Waals surface area (Å²) in [6.45, 7) is 2.51. The third-order valence-electron chi connectivity index (χ3n) is 6.03. The van der Waals surface area contributed by atoms with Gasteiger partial charge in [0, 0.05) is 42.5 Å². The van der Waals surface area contributed by atoms with Gasteiger partial charge in [-0.25, -0.2) is 12.8 Å². The molecule has 2 N–H and O–H groups in total. The van der Waals surface area contributed by atoms with Crippen LogP contribution in [0, 0.1) is 5.82 Å². The average molecular weight is 498 g/mol. The molecule has 0 unspecified atom stereocenters. The third kappa shape index (κ3) is 6.37. The first-order chi connectivity index (χ1) is 16.8. The van der Waals surface area contributed by atoms with Crippen LogP contribution in [0.15, 0.2) is 77.7 Å². The Kier molecular flexibility index (Phi) is 7.67. The van der Waals surface area contributed by atoms with Gasteiger partial charge in [-0.15, -0.1) is 0 Å². The van der Waals surface area contributed by atoms with Crippen molar-refractivity contribution in [1.29, 1.82) is 0 Å². The van der Waals surface area contributed by atoms with E-state index in [-0.39, 0.29) is 22.5 Å². The van der Waals surface area contributed by atoms with Crippen LogP contribution in [0.1, 0.15) is 28.8 Å². The molecule has 0 radical (unpaired) electrons. The van der Waals surface area contributed by atoms with Crippen LogP contribution in [-0.2, 0) is 16.6 Å². The van der Waals surface area contributed by atoms with Gasteiger partial charge in [0.05, 0.1) is 12.0 Å². The Morgan fingerprint density at radius 2 is 1.66 bits per heavy atom. The van der Waals surface area contributed by atoms with Crippen LogP contribution in [0.4, 0.5) is 10.1 Å². The Morgan fingerprint density at radius 3 is 2.31 bits per heavy atom. The fourth-order valence-electron chi connectivity index (χ4n) is 4.10. The molecule has 0 aromatic heterocycles. The fraction of sp³-hybridized carbons (Fsp3) is 0.269. The number of hydrogen-bond acceptors (Lipinski definition) is 5. The summed E-state index contributed by atoms with van der Waals surface area (Å²) in [7, 11) is -2.18. The van der Waals surface area contributed by atoms with Gasteiger partial charge >= 0.3 is 0 Å². The van der Waals surface area contributed by atoms with Crippen molar-refractivity contribution >= 4 is 21.6 Å². The molecule has 1 aliphatic rings. The van der Waals surface area contributed by atoms with Crippen molar-refractivity contribution in [2.45, 2.75) is 30.3 Å². The lowest BCUT2D eigenvalue weighted by atomic mass is 10.0. The molecule has 1 amide bonds. The minimum absolute atomic E-state index is 0.0167. The maximum Gasteiger partial charge on any atom is 0.261 e. The molecular formula is C26H28FN3O4S. The van der Waals surface area contributed by atoms with Gasteiger partial charge in [-0.05, 0) is 67.4 Å². The van der Waals surface area contributed by atoms with Gasteiger partial charge in [0.2, 0.25) is 0 Å². The molecule has 35 heavy (non-hydrogen) atoms. The number of para-hydroxylation sites is 1. The van der Waals surface area contributed by atoms with E-state index in [4.69, 9.17) is 4.74 Å².